The molecule has 4 nitrogen and oxygen atoms in total. The number of carbonyl (C=O) groups is 2. The molecule has 0 aromatic carbocycles. The highest BCUT2D eigenvalue weighted by atomic mass is 32.1. The van der Waals surface area contributed by atoms with Crippen molar-refractivity contribution < 1.29 is 9.59 Å². The monoisotopic (exact) mass is 264 g/mol. The van der Waals surface area contributed by atoms with E-state index >= 15 is 0 Å². The maximum Gasteiger partial charge on any atom is 0.246 e. The van der Waals surface area contributed by atoms with Crippen LogP contribution in [0.2, 0.25) is 0 Å². The van der Waals surface area contributed by atoms with Crippen molar-refractivity contribution in [3.63, 3.8) is 0 Å². The zero-order chi connectivity index (χ0) is 12.7. The van der Waals surface area contributed by atoms with E-state index in [-0.39, 0.29) is 30.4 Å². The zero-order valence-electron chi connectivity index (χ0n) is 10.3. The number of piperazine rings is 1. The van der Waals surface area contributed by atoms with Gasteiger partial charge in [0.15, 0.2) is 0 Å². The molecule has 2 saturated heterocycles. The molecule has 3 heterocycles. The highest BCUT2D eigenvalue weighted by Crippen LogP contribution is 2.31. The minimum Gasteiger partial charge on any atom is -0.329 e. The van der Waals surface area contributed by atoms with Gasteiger partial charge in [0.1, 0.15) is 12.6 Å². The number of thiophene rings is 1. The van der Waals surface area contributed by atoms with Gasteiger partial charge < -0.3 is 9.80 Å². The molecule has 0 radical (unpaired) electrons. The van der Waals surface area contributed by atoms with Crippen LogP contribution in [0.1, 0.15) is 30.7 Å². The summed E-state index contributed by atoms with van der Waals surface area (Å²) in [5.74, 6) is 0.216. The van der Waals surface area contributed by atoms with Crippen molar-refractivity contribution in [1.82, 2.24) is 9.80 Å². The van der Waals surface area contributed by atoms with Gasteiger partial charge in [-0.05, 0) is 31.2 Å². The van der Waals surface area contributed by atoms with Gasteiger partial charge in [0.25, 0.3) is 0 Å². The lowest BCUT2D eigenvalue weighted by molar-refractivity contribution is -0.155. The molecule has 2 aliphatic rings. The van der Waals surface area contributed by atoms with Crippen LogP contribution in [0.15, 0.2) is 17.5 Å². The number of hydrogen-bond acceptors (Lipinski definition) is 3. The van der Waals surface area contributed by atoms with Crippen molar-refractivity contribution in [2.24, 2.45) is 0 Å². The van der Waals surface area contributed by atoms with Crippen LogP contribution in [0, 0.1) is 0 Å². The Kier molecular flexibility index (Phi) is 2.86. The molecule has 2 fully saturated rings. The lowest BCUT2D eigenvalue weighted by atomic mass is 10.1. The molecule has 2 amide bonds. The van der Waals surface area contributed by atoms with Crippen molar-refractivity contribution in [2.45, 2.75) is 31.8 Å². The summed E-state index contributed by atoms with van der Waals surface area (Å²) in [5, 5.41) is 2.00. The topological polar surface area (TPSA) is 40.6 Å². The minimum atomic E-state index is -0.200. The van der Waals surface area contributed by atoms with E-state index in [2.05, 4.69) is 0 Å². The van der Waals surface area contributed by atoms with E-state index in [4.69, 9.17) is 0 Å². The lowest BCUT2D eigenvalue weighted by Gasteiger charge is -2.39. The van der Waals surface area contributed by atoms with Crippen molar-refractivity contribution in [3.05, 3.63) is 22.4 Å². The van der Waals surface area contributed by atoms with E-state index in [0.29, 0.717) is 0 Å². The summed E-state index contributed by atoms with van der Waals surface area (Å²) in [5.41, 5.74) is 0. The fraction of sp³-hybridized carbons (Fsp3) is 0.538. The fourth-order valence-electron chi connectivity index (χ4n) is 2.84. The predicted octanol–water partition coefficient (Wildman–Crippen LogP) is 1.64. The van der Waals surface area contributed by atoms with E-state index in [0.717, 1.165) is 24.3 Å². The van der Waals surface area contributed by atoms with Crippen molar-refractivity contribution in [2.75, 3.05) is 13.1 Å². The Labute approximate surface area is 110 Å². The van der Waals surface area contributed by atoms with Gasteiger partial charge in [-0.3, -0.25) is 9.59 Å². The molecule has 96 valence electrons. The Hall–Kier alpha value is -1.36. The van der Waals surface area contributed by atoms with Gasteiger partial charge in [0.2, 0.25) is 11.8 Å². The molecule has 2 atom stereocenters. The number of hydrogen-bond donors (Lipinski definition) is 0. The average molecular weight is 264 g/mol. The third-order valence-corrected chi connectivity index (χ3v) is 4.91. The third-order valence-electron chi connectivity index (χ3n) is 3.87. The Balaban J connectivity index is 1.84. The van der Waals surface area contributed by atoms with Gasteiger partial charge >= 0.3 is 0 Å². The molecule has 3 rings (SSSR count). The van der Waals surface area contributed by atoms with Gasteiger partial charge in [0.05, 0.1) is 6.04 Å². The smallest absolute Gasteiger partial charge is 0.246 e. The molecule has 2 unspecified atom stereocenters. The van der Waals surface area contributed by atoms with E-state index in [9.17, 15) is 9.59 Å². The molecular formula is C13H16N2O2S. The largest absolute Gasteiger partial charge is 0.329 e. The van der Waals surface area contributed by atoms with Crippen LogP contribution in [0.4, 0.5) is 0 Å². The van der Waals surface area contributed by atoms with Crippen LogP contribution in [-0.2, 0) is 9.59 Å². The zero-order valence-corrected chi connectivity index (χ0v) is 11.2. The van der Waals surface area contributed by atoms with Gasteiger partial charge in [-0.2, -0.15) is 0 Å². The molecule has 0 bridgehead atoms. The van der Waals surface area contributed by atoms with Gasteiger partial charge in [-0.25, -0.2) is 0 Å². The first-order valence-electron chi connectivity index (χ1n) is 6.32. The Morgan fingerprint density at radius 2 is 2.28 bits per heavy atom. The molecule has 0 N–H and O–H groups in total. The maximum absolute atomic E-state index is 12.4. The van der Waals surface area contributed by atoms with Crippen LogP contribution >= 0.6 is 11.3 Å². The molecule has 1 aromatic rings. The number of rotatable bonds is 2. The molecule has 5 heteroatoms. The van der Waals surface area contributed by atoms with Gasteiger partial charge in [-0.15, -0.1) is 11.3 Å². The average Bonchev–Trinajstić information content (AvgIpc) is 3.01. The van der Waals surface area contributed by atoms with Gasteiger partial charge in [-0.1, -0.05) is 6.07 Å². The molecule has 0 saturated carbocycles. The first kappa shape index (κ1) is 11.7. The molecule has 0 aliphatic carbocycles. The molecule has 18 heavy (non-hydrogen) atoms. The third kappa shape index (κ3) is 1.73. The van der Waals surface area contributed by atoms with E-state index < -0.39 is 0 Å². The number of amides is 2. The van der Waals surface area contributed by atoms with Crippen LogP contribution in [-0.4, -0.2) is 40.7 Å². The Morgan fingerprint density at radius 3 is 3.00 bits per heavy atom. The minimum absolute atomic E-state index is 0.00389. The summed E-state index contributed by atoms with van der Waals surface area (Å²) in [4.78, 5) is 29.1. The second-order valence-corrected chi connectivity index (χ2v) is 5.88. The molecule has 0 spiro atoms. The highest BCUT2D eigenvalue weighted by Gasteiger charge is 2.43. The van der Waals surface area contributed by atoms with Crippen LogP contribution in [0.5, 0.6) is 0 Å². The first-order valence-corrected chi connectivity index (χ1v) is 7.20. The van der Waals surface area contributed by atoms with Crippen molar-refractivity contribution in [1.29, 1.82) is 0 Å². The molecular weight excluding hydrogens is 248 g/mol. The Morgan fingerprint density at radius 1 is 1.44 bits per heavy atom. The molecule has 1 aromatic heterocycles. The summed E-state index contributed by atoms with van der Waals surface area (Å²) in [6.45, 7) is 2.98. The lowest BCUT2D eigenvalue weighted by Crippen LogP contribution is -2.57. The summed E-state index contributed by atoms with van der Waals surface area (Å²) >= 11 is 1.63. The van der Waals surface area contributed by atoms with Gasteiger partial charge in [0, 0.05) is 11.4 Å². The summed E-state index contributed by atoms with van der Waals surface area (Å²) in [6, 6.07) is 3.81. The van der Waals surface area contributed by atoms with Crippen LogP contribution in [0.3, 0.4) is 0 Å². The Bertz CT molecular complexity index is 471. The van der Waals surface area contributed by atoms with Crippen molar-refractivity contribution in [3.8, 4) is 0 Å². The second kappa shape index (κ2) is 4.39. The summed E-state index contributed by atoms with van der Waals surface area (Å²) in [6.07, 6.45) is 1.77. The summed E-state index contributed by atoms with van der Waals surface area (Å²) < 4.78 is 0. The predicted molar refractivity (Wildman–Crippen MR) is 69.2 cm³/mol. The van der Waals surface area contributed by atoms with Crippen LogP contribution in [0.25, 0.3) is 0 Å². The van der Waals surface area contributed by atoms with E-state index in [1.807, 2.05) is 24.4 Å². The maximum atomic E-state index is 12.4. The fourth-order valence-corrected chi connectivity index (χ4v) is 3.63. The summed E-state index contributed by atoms with van der Waals surface area (Å²) in [7, 11) is 0. The highest BCUT2D eigenvalue weighted by molar-refractivity contribution is 7.10. The number of carbonyl (C=O) groups excluding carboxylic acids is 2. The quantitative estimate of drug-likeness (QED) is 0.815. The van der Waals surface area contributed by atoms with Crippen molar-refractivity contribution >= 4 is 23.2 Å². The SMILES string of the molecule is CC(c1cccs1)N1CC(=O)N2CCCC2C1=O. The van der Waals surface area contributed by atoms with Crippen LogP contribution < -0.4 is 0 Å². The number of nitrogens with zero attached hydrogens (tertiary/aromatic N) is 2. The standard InChI is InChI=1S/C13H16N2O2S/c1-9(11-5-3-7-18-11)15-8-12(16)14-6-2-4-10(14)13(15)17/h3,5,7,9-10H,2,4,6,8H2,1H3. The van der Waals surface area contributed by atoms with E-state index in [1.54, 1.807) is 21.1 Å². The second-order valence-electron chi connectivity index (χ2n) is 4.90. The van der Waals surface area contributed by atoms with E-state index in [1.165, 1.54) is 0 Å². The molecule has 2 aliphatic heterocycles. The normalized spacial score (nSPS) is 25.5. The number of fused-ring (bicyclic) bond motifs is 1. The first-order chi connectivity index (χ1) is 8.68.